The van der Waals surface area contributed by atoms with Crippen LogP contribution in [0.25, 0.3) is 0 Å². The Morgan fingerprint density at radius 2 is 1.75 bits per heavy atom. The lowest BCUT2D eigenvalue weighted by Crippen LogP contribution is -2.41. The van der Waals surface area contributed by atoms with E-state index in [9.17, 15) is 9.18 Å². The zero-order valence-corrected chi connectivity index (χ0v) is 14.8. The summed E-state index contributed by atoms with van der Waals surface area (Å²) in [5.41, 5.74) is 1.53. The molecule has 2 aromatic rings. The van der Waals surface area contributed by atoms with Crippen LogP contribution in [-0.2, 0) is 4.79 Å². The number of nitrogens with one attached hydrogen (secondary N) is 2. The maximum atomic E-state index is 13.1. The van der Waals surface area contributed by atoms with Gasteiger partial charge in [0.05, 0.1) is 16.8 Å². The molecular weight excluding hydrogens is 327 g/mol. The van der Waals surface area contributed by atoms with Crippen molar-refractivity contribution in [3.63, 3.8) is 0 Å². The molecule has 5 heteroatoms. The fourth-order valence-electron chi connectivity index (χ4n) is 2.51. The van der Waals surface area contributed by atoms with Gasteiger partial charge in [0.1, 0.15) is 5.82 Å². The molecule has 0 bridgehead atoms. The first-order valence-corrected chi connectivity index (χ1v) is 8.33. The number of anilines is 1. The average Bonchev–Trinajstić information content (AvgIpc) is 2.55. The summed E-state index contributed by atoms with van der Waals surface area (Å²) >= 11 is 5.96. The van der Waals surface area contributed by atoms with Crippen LogP contribution in [-0.4, -0.2) is 11.9 Å². The van der Waals surface area contributed by atoms with E-state index in [4.69, 9.17) is 11.6 Å². The normalized spacial score (nSPS) is 13.6. The molecule has 0 saturated carbocycles. The summed E-state index contributed by atoms with van der Waals surface area (Å²) < 4.78 is 13.1. The molecule has 0 fully saturated rings. The number of hydrogen-bond acceptors (Lipinski definition) is 2. The summed E-state index contributed by atoms with van der Waals surface area (Å²) in [6.45, 7) is 6.00. The molecule has 0 radical (unpaired) electrons. The van der Waals surface area contributed by atoms with Crippen molar-refractivity contribution in [3.8, 4) is 0 Å². The third-order valence-corrected chi connectivity index (χ3v) is 4.15. The Labute approximate surface area is 147 Å². The Kier molecular flexibility index (Phi) is 6.35. The molecule has 0 aromatic heterocycles. The molecule has 128 valence electrons. The van der Waals surface area contributed by atoms with E-state index in [0.29, 0.717) is 11.6 Å². The number of carbonyl (C=O) groups is 1. The molecule has 0 heterocycles. The summed E-state index contributed by atoms with van der Waals surface area (Å²) in [5.74, 6) is -0.338. The van der Waals surface area contributed by atoms with Crippen LogP contribution < -0.4 is 10.6 Å². The zero-order chi connectivity index (χ0) is 17.7. The van der Waals surface area contributed by atoms with Crippen molar-refractivity contribution in [3.05, 3.63) is 64.9 Å². The van der Waals surface area contributed by atoms with E-state index >= 15 is 0 Å². The Morgan fingerprint density at radius 1 is 1.08 bits per heavy atom. The Balaban J connectivity index is 2.06. The van der Waals surface area contributed by atoms with E-state index in [2.05, 4.69) is 24.5 Å². The number of amides is 1. The second-order valence-corrected chi connectivity index (χ2v) is 6.54. The number of rotatable bonds is 6. The standard InChI is InChI=1S/C19H22ClFN2O/c1-12(2)18(14-7-5-4-6-8-14)22-13(3)19(24)23-17-10-9-15(21)11-16(17)20/h4-13,18,22H,1-3H3,(H,23,24)/t13-,18-/m1/s1. The minimum Gasteiger partial charge on any atom is -0.323 e. The highest BCUT2D eigenvalue weighted by Gasteiger charge is 2.22. The van der Waals surface area contributed by atoms with Gasteiger partial charge in [0, 0.05) is 6.04 Å². The van der Waals surface area contributed by atoms with Gasteiger partial charge in [0.2, 0.25) is 5.91 Å². The largest absolute Gasteiger partial charge is 0.323 e. The Morgan fingerprint density at radius 3 is 2.33 bits per heavy atom. The van der Waals surface area contributed by atoms with E-state index in [-0.39, 0.29) is 17.0 Å². The van der Waals surface area contributed by atoms with Crippen LogP contribution in [0.15, 0.2) is 48.5 Å². The average molecular weight is 349 g/mol. The van der Waals surface area contributed by atoms with Gasteiger partial charge in [0.25, 0.3) is 0 Å². The van der Waals surface area contributed by atoms with Crippen LogP contribution in [0.5, 0.6) is 0 Å². The van der Waals surface area contributed by atoms with E-state index in [0.717, 1.165) is 5.56 Å². The number of hydrogen-bond donors (Lipinski definition) is 2. The van der Waals surface area contributed by atoms with Crippen LogP contribution in [0.3, 0.4) is 0 Å². The molecule has 3 nitrogen and oxygen atoms in total. The maximum absolute atomic E-state index is 13.1. The molecule has 2 atom stereocenters. The van der Waals surface area contributed by atoms with E-state index in [1.807, 2.05) is 30.3 Å². The van der Waals surface area contributed by atoms with Gasteiger partial charge < -0.3 is 5.32 Å². The fraction of sp³-hybridized carbons (Fsp3) is 0.316. The monoisotopic (exact) mass is 348 g/mol. The van der Waals surface area contributed by atoms with Crippen molar-refractivity contribution in [1.82, 2.24) is 5.32 Å². The number of halogens is 2. The minimum atomic E-state index is -0.437. The van der Waals surface area contributed by atoms with E-state index in [1.54, 1.807) is 6.92 Å². The Bertz CT molecular complexity index is 691. The van der Waals surface area contributed by atoms with Crippen LogP contribution >= 0.6 is 11.6 Å². The second-order valence-electron chi connectivity index (χ2n) is 6.13. The fourth-order valence-corrected chi connectivity index (χ4v) is 2.73. The van der Waals surface area contributed by atoms with Gasteiger partial charge in [-0.25, -0.2) is 4.39 Å². The van der Waals surface area contributed by atoms with Crippen LogP contribution in [0, 0.1) is 11.7 Å². The van der Waals surface area contributed by atoms with E-state index < -0.39 is 11.9 Å². The molecule has 2 N–H and O–H groups in total. The first-order valence-electron chi connectivity index (χ1n) is 7.95. The smallest absolute Gasteiger partial charge is 0.241 e. The van der Waals surface area contributed by atoms with Crippen molar-refractivity contribution in [2.24, 2.45) is 5.92 Å². The molecule has 0 saturated heterocycles. The lowest BCUT2D eigenvalue weighted by atomic mass is 9.95. The molecule has 0 aliphatic carbocycles. The van der Waals surface area contributed by atoms with Gasteiger partial charge in [-0.1, -0.05) is 55.8 Å². The summed E-state index contributed by atoms with van der Waals surface area (Å²) in [5, 5.41) is 6.27. The van der Waals surface area contributed by atoms with Crippen molar-refractivity contribution in [1.29, 1.82) is 0 Å². The van der Waals surface area contributed by atoms with Crippen molar-refractivity contribution in [2.45, 2.75) is 32.9 Å². The summed E-state index contributed by atoms with van der Waals surface area (Å²) in [6.07, 6.45) is 0. The van der Waals surface area contributed by atoms with Gasteiger partial charge in [0.15, 0.2) is 0 Å². The molecule has 0 aliphatic heterocycles. The van der Waals surface area contributed by atoms with Crippen molar-refractivity contribution in [2.75, 3.05) is 5.32 Å². The number of carbonyl (C=O) groups excluding carboxylic acids is 1. The first-order chi connectivity index (χ1) is 11.4. The van der Waals surface area contributed by atoms with Gasteiger partial charge in [-0.3, -0.25) is 10.1 Å². The third kappa shape index (κ3) is 4.79. The van der Waals surface area contributed by atoms with Crippen LogP contribution in [0.4, 0.5) is 10.1 Å². The van der Waals surface area contributed by atoms with Crippen molar-refractivity contribution >= 4 is 23.2 Å². The summed E-state index contributed by atoms with van der Waals surface area (Å²) in [6, 6.07) is 13.5. The van der Waals surface area contributed by atoms with Gasteiger partial charge >= 0.3 is 0 Å². The van der Waals surface area contributed by atoms with E-state index in [1.165, 1.54) is 18.2 Å². The van der Waals surface area contributed by atoms with Gasteiger partial charge in [-0.2, -0.15) is 0 Å². The summed E-state index contributed by atoms with van der Waals surface area (Å²) in [7, 11) is 0. The molecule has 2 rings (SSSR count). The van der Waals surface area contributed by atoms with Crippen LogP contribution in [0.1, 0.15) is 32.4 Å². The molecule has 0 aliphatic rings. The van der Waals surface area contributed by atoms with Gasteiger partial charge in [-0.15, -0.1) is 0 Å². The molecule has 0 unspecified atom stereocenters. The number of benzene rings is 2. The third-order valence-electron chi connectivity index (χ3n) is 3.84. The molecular formula is C19H22ClFN2O. The minimum absolute atomic E-state index is 0.0515. The Hall–Kier alpha value is -1.91. The van der Waals surface area contributed by atoms with Crippen molar-refractivity contribution < 1.29 is 9.18 Å². The highest BCUT2D eigenvalue weighted by molar-refractivity contribution is 6.33. The highest BCUT2D eigenvalue weighted by Crippen LogP contribution is 2.24. The summed E-state index contributed by atoms with van der Waals surface area (Å²) in [4.78, 5) is 12.4. The highest BCUT2D eigenvalue weighted by atomic mass is 35.5. The van der Waals surface area contributed by atoms with Crippen LogP contribution in [0.2, 0.25) is 5.02 Å². The lowest BCUT2D eigenvalue weighted by molar-refractivity contribution is -0.118. The lowest BCUT2D eigenvalue weighted by Gasteiger charge is -2.26. The molecule has 2 aromatic carbocycles. The van der Waals surface area contributed by atoms with Gasteiger partial charge in [-0.05, 0) is 36.6 Å². The topological polar surface area (TPSA) is 41.1 Å². The predicted octanol–water partition coefficient (Wildman–Crippen LogP) is 4.79. The maximum Gasteiger partial charge on any atom is 0.241 e. The second kappa shape index (κ2) is 8.27. The predicted molar refractivity (Wildman–Crippen MR) is 96.7 cm³/mol. The molecule has 0 spiro atoms. The zero-order valence-electron chi connectivity index (χ0n) is 14.0. The SMILES string of the molecule is CC(C)[C@@H](N[C@H](C)C(=O)Nc1ccc(F)cc1Cl)c1ccccc1. The first kappa shape index (κ1) is 18.4. The molecule has 24 heavy (non-hydrogen) atoms. The quantitative estimate of drug-likeness (QED) is 0.787. The molecule has 1 amide bonds.